The van der Waals surface area contributed by atoms with E-state index in [4.69, 9.17) is 0 Å². The summed E-state index contributed by atoms with van der Waals surface area (Å²) < 4.78 is 3.62. The van der Waals surface area contributed by atoms with E-state index >= 15 is 0 Å². The van der Waals surface area contributed by atoms with Crippen LogP contribution < -0.4 is 21.3 Å². The number of halogens is 1. The quantitative estimate of drug-likeness (QED) is 0.577. The van der Waals surface area contributed by atoms with Crippen LogP contribution in [-0.2, 0) is 14.1 Å². The molecule has 2 aromatic carbocycles. The first-order valence-electron chi connectivity index (χ1n) is 10.3. The molecule has 4 rings (SSSR count). The molecule has 1 aromatic heterocycles. The van der Waals surface area contributed by atoms with Gasteiger partial charge in [-0.25, -0.2) is 0 Å². The number of carbonyl (C=O) groups excluding carboxylic acids is 1. The van der Waals surface area contributed by atoms with Gasteiger partial charge in [-0.1, -0.05) is 22.9 Å². The van der Waals surface area contributed by atoms with Gasteiger partial charge in [-0.2, -0.15) is 0 Å². The first kappa shape index (κ1) is 21.4. The summed E-state index contributed by atoms with van der Waals surface area (Å²) in [6.07, 6.45) is 2.12. The fraction of sp³-hybridized carbons (Fsp3) is 0.348. The summed E-state index contributed by atoms with van der Waals surface area (Å²) >= 11 is 3.39. The summed E-state index contributed by atoms with van der Waals surface area (Å²) in [6.45, 7) is 3.98. The van der Waals surface area contributed by atoms with Crippen molar-refractivity contribution in [3.63, 3.8) is 0 Å². The number of amides is 1. The number of nitrogens with one attached hydrogen (secondary N) is 1. The SMILES string of the molecule is CC1CCN(c2cc3c(cc2NC(=O)c2ccc(Br)cc2)n(C)c(=O)c(=O)n3C)CC1. The van der Waals surface area contributed by atoms with Crippen molar-refractivity contribution >= 4 is 44.2 Å². The molecule has 0 radical (unpaired) electrons. The van der Waals surface area contributed by atoms with Crippen molar-refractivity contribution in [2.24, 2.45) is 20.0 Å². The number of benzene rings is 2. The van der Waals surface area contributed by atoms with Crippen LogP contribution in [0.3, 0.4) is 0 Å². The third kappa shape index (κ3) is 4.04. The topological polar surface area (TPSA) is 76.3 Å². The molecule has 1 amide bonds. The fourth-order valence-electron chi connectivity index (χ4n) is 4.02. The highest BCUT2D eigenvalue weighted by Gasteiger charge is 2.22. The molecule has 0 atom stereocenters. The fourth-order valence-corrected chi connectivity index (χ4v) is 4.28. The van der Waals surface area contributed by atoms with E-state index in [0.29, 0.717) is 28.2 Å². The second-order valence-corrected chi connectivity index (χ2v) is 9.13. The minimum Gasteiger partial charge on any atom is -0.370 e. The van der Waals surface area contributed by atoms with Gasteiger partial charge in [0.15, 0.2) is 0 Å². The van der Waals surface area contributed by atoms with Gasteiger partial charge < -0.3 is 19.4 Å². The molecule has 0 spiro atoms. The average molecular weight is 485 g/mol. The van der Waals surface area contributed by atoms with Crippen LogP contribution in [0.25, 0.3) is 11.0 Å². The van der Waals surface area contributed by atoms with Gasteiger partial charge in [-0.15, -0.1) is 0 Å². The standard InChI is InChI=1S/C23H25BrN4O3/c1-14-8-10-28(11-9-14)18-13-20-19(26(2)22(30)23(31)27(20)3)12-17(18)25-21(29)15-4-6-16(24)7-5-15/h4-7,12-14H,8-11H2,1-3H3,(H,25,29). The Morgan fingerprint density at radius 2 is 1.52 bits per heavy atom. The Hall–Kier alpha value is -2.87. The molecular formula is C23H25BrN4O3. The molecule has 31 heavy (non-hydrogen) atoms. The van der Waals surface area contributed by atoms with Crippen LogP contribution in [-0.4, -0.2) is 28.1 Å². The van der Waals surface area contributed by atoms with Gasteiger partial charge in [0.05, 0.1) is 22.4 Å². The maximum atomic E-state index is 13.0. The number of carbonyl (C=O) groups is 1. The van der Waals surface area contributed by atoms with E-state index in [1.54, 1.807) is 32.3 Å². The van der Waals surface area contributed by atoms with Crippen LogP contribution in [0.2, 0.25) is 0 Å². The molecule has 0 saturated carbocycles. The molecule has 1 aliphatic heterocycles. The number of anilines is 2. The lowest BCUT2D eigenvalue weighted by molar-refractivity contribution is 0.102. The van der Waals surface area contributed by atoms with Crippen molar-refractivity contribution in [2.75, 3.05) is 23.3 Å². The summed E-state index contributed by atoms with van der Waals surface area (Å²) in [7, 11) is 3.18. The van der Waals surface area contributed by atoms with Gasteiger partial charge in [0, 0.05) is 37.2 Å². The van der Waals surface area contributed by atoms with Gasteiger partial charge in [0.2, 0.25) is 0 Å². The maximum absolute atomic E-state index is 13.0. The van der Waals surface area contributed by atoms with E-state index in [1.165, 1.54) is 9.13 Å². The zero-order chi connectivity index (χ0) is 22.3. The Balaban J connectivity index is 1.85. The van der Waals surface area contributed by atoms with Crippen molar-refractivity contribution in [3.05, 3.63) is 67.1 Å². The molecule has 3 aromatic rings. The Labute approximate surface area is 188 Å². The number of aryl methyl sites for hydroxylation is 2. The number of nitrogens with zero attached hydrogens (tertiary/aromatic N) is 3. The Bertz CT molecular complexity index is 1270. The number of rotatable bonds is 3. The molecular weight excluding hydrogens is 460 g/mol. The molecule has 0 bridgehead atoms. The normalized spacial score (nSPS) is 14.8. The molecule has 8 heteroatoms. The van der Waals surface area contributed by atoms with Gasteiger partial charge in [-0.05, 0) is 55.2 Å². The highest BCUT2D eigenvalue weighted by atomic mass is 79.9. The smallest absolute Gasteiger partial charge is 0.316 e. The van der Waals surface area contributed by atoms with E-state index in [0.717, 1.165) is 36.1 Å². The first-order chi connectivity index (χ1) is 14.8. The molecule has 0 unspecified atom stereocenters. The Morgan fingerprint density at radius 1 is 0.968 bits per heavy atom. The van der Waals surface area contributed by atoms with Crippen LogP contribution in [0.15, 0.2) is 50.5 Å². The predicted octanol–water partition coefficient (Wildman–Crippen LogP) is 3.49. The van der Waals surface area contributed by atoms with Crippen molar-refractivity contribution < 1.29 is 4.79 Å². The van der Waals surface area contributed by atoms with Gasteiger partial charge in [0.25, 0.3) is 5.91 Å². The van der Waals surface area contributed by atoms with Crippen molar-refractivity contribution in [3.8, 4) is 0 Å². The number of hydrogen-bond acceptors (Lipinski definition) is 4. The molecule has 0 aliphatic carbocycles. The molecule has 1 N–H and O–H groups in total. The molecule has 7 nitrogen and oxygen atoms in total. The lowest BCUT2D eigenvalue weighted by Crippen LogP contribution is -2.39. The predicted molar refractivity (Wildman–Crippen MR) is 127 cm³/mol. The van der Waals surface area contributed by atoms with Gasteiger partial charge >= 0.3 is 11.1 Å². The van der Waals surface area contributed by atoms with Crippen LogP contribution in [0, 0.1) is 5.92 Å². The number of piperidine rings is 1. The van der Waals surface area contributed by atoms with Crippen molar-refractivity contribution in [1.29, 1.82) is 0 Å². The molecule has 2 heterocycles. The molecule has 162 valence electrons. The summed E-state index contributed by atoms with van der Waals surface area (Å²) in [5, 5.41) is 3.03. The minimum absolute atomic E-state index is 0.228. The van der Waals surface area contributed by atoms with Crippen LogP contribution in [0.5, 0.6) is 0 Å². The van der Waals surface area contributed by atoms with E-state index in [1.807, 2.05) is 18.2 Å². The monoisotopic (exact) mass is 484 g/mol. The summed E-state index contributed by atoms with van der Waals surface area (Å²) in [5.74, 6) is 0.427. The minimum atomic E-state index is -0.597. The number of fused-ring (bicyclic) bond motifs is 1. The molecule has 1 saturated heterocycles. The average Bonchev–Trinajstić information content (AvgIpc) is 2.77. The Kier molecular flexibility index (Phi) is 5.75. The van der Waals surface area contributed by atoms with E-state index in [-0.39, 0.29) is 5.91 Å². The van der Waals surface area contributed by atoms with E-state index < -0.39 is 11.1 Å². The number of hydrogen-bond donors (Lipinski definition) is 1. The summed E-state index contributed by atoms with van der Waals surface area (Å²) in [6, 6.07) is 10.8. The number of aromatic nitrogens is 2. The first-order valence-corrected chi connectivity index (χ1v) is 11.1. The van der Waals surface area contributed by atoms with E-state index in [9.17, 15) is 14.4 Å². The van der Waals surface area contributed by atoms with Gasteiger partial charge in [-0.3, -0.25) is 14.4 Å². The van der Waals surface area contributed by atoms with Crippen molar-refractivity contribution in [2.45, 2.75) is 19.8 Å². The zero-order valence-electron chi connectivity index (χ0n) is 17.8. The Morgan fingerprint density at radius 3 is 2.10 bits per heavy atom. The summed E-state index contributed by atoms with van der Waals surface area (Å²) in [5.41, 5.74) is 2.10. The van der Waals surface area contributed by atoms with Crippen molar-refractivity contribution in [1.82, 2.24) is 9.13 Å². The van der Waals surface area contributed by atoms with Gasteiger partial charge in [0.1, 0.15) is 0 Å². The van der Waals surface area contributed by atoms with Crippen LogP contribution in [0.4, 0.5) is 11.4 Å². The van der Waals surface area contributed by atoms with Crippen LogP contribution in [0.1, 0.15) is 30.1 Å². The second kappa shape index (κ2) is 8.34. The second-order valence-electron chi connectivity index (χ2n) is 8.22. The molecule has 1 fully saturated rings. The third-order valence-electron chi connectivity index (χ3n) is 6.09. The highest BCUT2D eigenvalue weighted by molar-refractivity contribution is 9.10. The maximum Gasteiger partial charge on any atom is 0.316 e. The van der Waals surface area contributed by atoms with E-state index in [2.05, 4.69) is 33.1 Å². The summed E-state index contributed by atoms with van der Waals surface area (Å²) in [4.78, 5) is 39.9. The lowest BCUT2D eigenvalue weighted by Gasteiger charge is -2.34. The van der Waals surface area contributed by atoms with Crippen LogP contribution >= 0.6 is 15.9 Å². The molecule has 1 aliphatic rings. The lowest BCUT2D eigenvalue weighted by atomic mass is 9.98. The third-order valence-corrected chi connectivity index (χ3v) is 6.62. The largest absolute Gasteiger partial charge is 0.370 e. The highest BCUT2D eigenvalue weighted by Crippen LogP contribution is 2.33. The zero-order valence-corrected chi connectivity index (χ0v) is 19.4.